The van der Waals surface area contributed by atoms with Crippen LogP contribution >= 0.6 is 0 Å². The zero-order valence-corrected chi connectivity index (χ0v) is 9.33. The third kappa shape index (κ3) is 1.64. The fourth-order valence-electron chi connectivity index (χ4n) is 1.82. The van der Waals surface area contributed by atoms with E-state index in [-0.39, 0.29) is 17.3 Å². The zero-order valence-electron chi connectivity index (χ0n) is 9.33. The minimum Gasteiger partial charge on any atom is -0.289 e. The van der Waals surface area contributed by atoms with Crippen LogP contribution in [-0.2, 0) is 0 Å². The first kappa shape index (κ1) is 10.5. The molecule has 0 atom stereocenters. The molecule has 0 aliphatic heterocycles. The average Bonchev–Trinajstić information content (AvgIpc) is 2.44. The van der Waals surface area contributed by atoms with Gasteiger partial charge in [-0.1, -0.05) is 6.07 Å². The molecule has 0 radical (unpaired) electrons. The number of carbonyl (C=O) groups is 2. The van der Waals surface area contributed by atoms with Crippen LogP contribution in [0.15, 0.2) is 48.7 Å². The first-order chi connectivity index (χ1) is 8.75. The van der Waals surface area contributed by atoms with Crippen molar-refractivity contribution in [2.75, 3.05) is 0 Å². The van der Waals surface area contributed by atoms with Crippen molar-refractivity contribution in [3.8, 4) is 11.4 Å². The average molecular weight is 236 g/mol. The van der Waals surface area contributed by atoms with E-state index in [4.69, 9.17) is 0 Å². The Morgan fingerprint density at radius 3 is 2.44 bits per heavy atom. The first-order valence-corrected chi connectivity index (χ1v) is 5.45. The normalized spacial score (nSPS) is 13.6. The number of rotatable bonds is 1. The molecule has 0 saturated carbocycles. The molecular weight excluding hydrogens is 228 g/mol. The van der Waals surface area contributed by atoms with Gasteiger partial charge in [0.2, 0.25) is 5.78 Å². The molecule has 0 unspecified atom stereocenters. The summed E-state index contributed by atoms with van der Waals surface area (Å²) < 4.78 is 0. The third-order valence-corrected chi connectivity index (χ3v) is 2.71. The summed E-state index contributed by atoms with van der Waals surface area (Å²) in [6, 6.07) is 8.77. The summed E-state index contributed by atoms with van der Waals surface area (Å²) in [6.07, 6.45) is 4.18. The second kappa shape index (κ2) is 4.00. The van der Waals surface area contributed by atoms with E-state index in [1.165, 1.54) is 12.2 Å². The summed E-state index contributed by atoms with van der Waals surface area (Å²) >= 11 is 0. The Bertz CT molecular complexity index is 675. The number of hydrogen-bond donors (Lipinski definition) is 0. The smallest absolute Gasteiger partial charge is 0.205 e. The van der Waals surface area contributed by atoms with Crippen LogP contribution in [0, 0.1) is 0 Å². The van der Waals surface area contributed by atoms with Gasteiger partial charge in [0.25, 0.3) is 0 Å². The van der Waals surface area contributed by atoms with E-state index in [9.17, 15) is 9.59 Å². The van der Waals surface area contributed by atoms with E-state index < -0.39 is 0 Å². The second-order valence-corrected chi connectivity index (χ2v) is 3.87. The molecule has 1 aliphatic rings. The molecule has 0 spiro atoms. The molecule has 3 rings (SSSR count). The number of aromatic nitrogens is 2. The second-order valence-electron chi connectivity index (χ2n) is 3.87. The van der Waals surface area contributed by atoms with E-state index in [1.54, 1.807) is 30.5 Å². The fraction of sp³-hybridized carbons (Fsp3) is 0. The van der Waals surface area contributed by atoms with Gasteiger partial charge in [0.15, 0.2) is 5.78 Å². The van der Waals surface area contributed by atoms with Crippen LogP contribution in [0.25, 0.3) is 11.4 Å². The number of carbonyl (C=O) groups excluding carboxylic acids is 2. The minimum absolute atomic E-state index is 0.190. The summed E-state index contributed by atoms with van der Waals surface area (Å²) in [6.45, 7) is 0. The Morgan fingerprint density at radius 2 is 1.67 bits per heavy atom. The number of nitrogens with zero attached hydrogens (tertiary/aromatic N) is 2. The van der Waals surface area contributed by atoms with Gasteiger partial charge in [0.1, 0.15) is 5.69 Å². The van der Waals surface area contributed by atoms with Crippen LogP contribution in [0.3, 0.4) is 0 Å². The first-order valence-electron chi connectivity index (χ1n) is 5.45. The Hall–Kier alpha value is -2.62. The van der Waals surface area contributed by atoms with Gasteiger partial charge in [-0.05, 0) is 36.4 Å². The van der Waals surface area contributed by atoms with Gasteiger partial charge in [-0.2, -0.15) is 0 Å². The number of pyridine rings is 2. The molecule has 1 aliphatic carbocycles. The van der Waals surface area contributed by atoms with E-state index in [2.05, 4.69) is 9.97 Å². The molecule has 2 aromatic heterocycles. The van der Waals surface area contributed by atoms with Crippen molar-refractivity contribution in [1.82, 2.24) is 9.97 Å². The third-order valence-electron chi connectivity index (χ3n) is 2.71. The number of fused-ring (bicyclic) bond motifs is 1. The standard InChI is InChI=1S/C14H8N2O2/c17-12-6-7-13(18)14-9(12)4-5-11(16-14)10-3-1-2-8-15-10/h1-8H. The highest BCUT2D eigenvalue weighted by Crippen LogP contribution is 2.20. The maximum Gasteiger partial charge on any atom is 0.205 e. The lowest BCUT2D eigenvalue weighted by Crippen LogP contribution is -2.14. The quantitative estimate of drug-likeness (QED) is 0.760. The van der Waals surface area contributed by atoms with Gasteiger partial charge in [-0.3, -0.25) is 14.6 Å². The molecule has 86 valence electrons. The summed E-state index contributed by atoms with van der Waals surface area (Å²) in [5.74, 6) is -0.438. The molecular formula is C14H8N2O2. The van der Waals surface area contributed by atoms with Crippen molar-refractivity contribution in [2.24, 2.45) is 0 Å². The SMILES string of the molecule is O=C1C=CC(=O)c2nc(-c3ccccn3)ccc21. The topological polar surface area (TPSA) is 59.9 Å². The van der Waals surface area contributed by atoms with Gasteiger partial charge >= 0.3 is 0 Å². The van der Waals surface area contributed by atoms with Crippen molar-refractivity contribution < 1.29 is 9.59 Å². The van der Waals surface area contributed by atoms with Crippen LogP contribution in [-0.4, -0.2) is 21.5 Å². The van der Waals surface area contributed by atoms with E-state index in [1.807, 2.05) is 6.07 Å². The maximum atomic E-state index is 11.7. The molecule has 0 amide bonds. The Balaban J connectivity index is 2.16. The molecule has 2 heterocycles. The lowest BCUT2D eigenvalue weighted by molar-refractivity contribution is 0.0990. The molecule has 0 aromatic carbocycles. The molecule has 0 fully saturated rings. The maximum absolute atomic E-state index is 11.7. The van der Waals surface area contributed by atoms with Gasteiger partial charge in [0.05, 0.1) is 17.0 Å². The van der Waals surface area contributed by atoms with Crippen molar-refractivity contribution in [1.29, 1.82) is 0 Å². The lowest BCUT2D eigenvalue weighted by Gasteiger charge is -2.09. The summed E-state index contributed by atoms with van der Waals surface area (Å²) in [5.41, 5.74) is 1.81. The number of hydrogen-bond acceptors (Lipinski definition) is 4. The Labute approximate surface area is 103 Å². The van der Waals surface area contributed by atoms with Crippen LogP contribution in [0.5, 0.6) is 0 Å². The van der Waals surface area contributed by atoms with Crippen molar-refractivity contribution in [3.63, 3.8) is 0 Å². The highest BCUT2D eigenvalue weighted by Gasteiger charge is 2.21. The molecule has 4 nitrogen and oxygen atoms in total. The van der Waals surface area contributed by atoms with E-state index >= 15 is 0 Å². The van der Waals surface area contributed by atoms with Crippen LogP contribution in [0.2, 0.25) is 0 Å². The predicted octanol–water partition coefficient (Wildman–Crippen LogP) is 2.08. The van der Waals surface area contributed by atoms with Gasteiger partial charge in [-0.15, -0.1) is 0 Å². The summed E-state index contributed by atoms with van der Waals surface area (Å²) in [7, 11) is 0. The van der Waals surface area contributed by atoms with Crippen LogP contribution in [0.1, 0.15) is 20.8 Å². The zero-order chi connectivity index (χ0) is 12.5. The van der Waals surface area contributed by atoms with Crippen molar-refractivity contribution in [2.45, 2.75) is 0 Å². The van der Waals surface area contributed by atoms with E-state index in [0.717, 1.165) is 0 Å². The molecule has 0 bridgehead atoms. The monoisotopic (exact) mass is 236 g/mol. The van der Waals surface area contributed by atoms with Gasteiger partial charge in [0, 0.05) is 6.20 Å². The van der Waals surface area contributed by atoms with Gasteiger partial charge < -0.3 is 0 Å². The molecule has 0 saturated heterocycles. The van der Waals surface area contributed by atoms with Crippen LogP contribution in [0.4, 0.5) is 0 Å². The molecule has 18 heavy (non-hydrogen) atoms. The van der Waals surface area contributed by atoms with Crippen molar-refractivity contribution in [3.05, 3.63) is 59.9 Å². The van der Waals surface area contributed by atoms with Crippen LogP contribution < -0.4 is 0 Å². The number of ketones is 2. The Kier molecular flexibility index (Phi) is 2.34. The largest absolute Gasteiger partial charge is 0.289 e. The van der Waals surface area contributed by atoms with Crippen molar-refractivity contribution >= 4 is 11.6 Å². The summed E-state index contributed by atoms with van der Waals surface area (Å²) in [4.78, 5) is 31.7. The van der Waals surface area contributed by atoms with E-state index in [0.29, 0.717) is 17.0 Å². The fourth-order valence-corrected chi connectivity index (χ4v) is 1.82. The minimum atomic E-state index is -0.248. The lowest BCUT2D eigenvalue weighted by atomic mass is 9.99. The highest BCUT2D eigenvalue weighted by atomic mass is 16.1. The highest BCUT2D eigenvalue weighted by molar-refractivity contribution is 6.21. The molecule has 4 heteroatoms. The van der Waals surface area contributed by atoms with Gasteiger partial charge in [-0.25, -0.2) is 4.98 Å². The molecule has 2 aromatic rings. The number of allylic oxidation sites excluding steroid dienone is 2. The molecule has 0 N–H and O–H groups in total. The Morgan fingerprint density at radius 1 is 0.833 bits per heavy atom. The summed E-state index contributed by atoms with van der Waals surface area (Å²) in [5, 5.41) is 0. The predicted molar refractivity (Wildman–Crippen MR) is 65.3 cm³/mol.